The van der Waals surface area contributed by atoms with Crippen LogP contribution in [0, 0.1) is 19.8 Å². The number of likely N-dealkylation sites (tertiary alicyclic amines) is 1. The summed E-state index contributed by atoms with van der Waals surface area (Å²) in [6.45, 7) is 5.77. The number of amides is 1. The number of carbonyl (C=O) groups is 2. The van der Waals surface area contributed by atoms with Crippen LogP contribution < -0.4 is 4.74 Å². The molecule has 3 aromatic carbocycles. The van der Waals surface area contributed by atoms with E-state index in [1.54, 1.807) is 26.2 Å². The van der Waals surface area contributed by atoms with Crippen molar-refractivity contribution in [3.8, 4) is 16.9 Å². The van der Waals surface area contributed by atoms with Crippen molar-refractivity contribution in [3.05, 3.63) is 83.0 Å². The summed E-state index contributed by atoms with van der Waals surface area (Å²) in [4.78, 5) is 27.5. The van der Waals surface area contributed by atoms with Gasteiger partial charge in [-0.3, -0.25) is 14.3 Å². The molecule has 0 N–H and O–H groups in total. The number of hydrogen-bond donors (Lipinski definition) is 0. The Morgan fingerprint density at radius 1 is 1.00 bits per heavy atom. The predicted molar refractivity (Wildman–Crippen MR) is 156 cm³/mol. The predicted octanol–water partition coefficient (Wildman–Crippen LogP) is 7.41. The van der Waals surface area contributed by atoms with Gasteiger partial charge in [-0.05, 0) is 91.3 Å². The molecule has 0 radical (unpaired) electrons. The number of rotatable bonds is 8. The van der Waals surface area contributed by atoms with Gasteiger partial charge in [-0.1, -0.05) is 18.2 Å². The Balaban J connectivity index is 1.18. The maximum absolute atomic E-state index is 13.2. The molecular weight excluding hydrogens is 543 g/mol. The van der Waals surface area contributed by atoms with Gasteiger partial charge in [-0.2, -0.15) is 18.3 Å². The zero-order valence-corrected chi connectivity index (χ0v) is 24.0. The zero-order valence-electron chi connectivity index (χ0n) is 24.0. The van der Waals surface area contributed by atoms with E-state index in [2.05, 4.69) is 5.10 Å². The summed E-state index contributed by atoms with van der Waals surface area (Å²) >= 11 is 0. The number of nitrogens with zero attached hydrogens (tertiary/aromatic N) is 3. The standard InChI is InChI=1S/C33H34F3N3O3/c1-21-18-26(42-3)8-9-27(21)24-4-6-25(7-5-24)32(41)38-16-13-23(14-17-38)19-39-20-29-22(2)28(10-11-30(29)37-39)31(40)12-15-33(34,35)36/h4-11,18,20,23H,12-17,19H2,1-3H3. The summed E-state index contributed by atoms with van der Waals surface area (Å²) in [7, 11) is 1.65. The number of halogens is 3. The number of aromatic nitrogens is 2. The van der Waals surface area contributed by atoms with Gasteiger partial charge in [-0.25, -0.2) is 0 Å². The van der Waals surface area contributed by atoms with E-state index in [0.717, 1.165) is 40.7 Å². The first kappa shape index (κ1) is 29.4. The van der Waals surface area contributed by atoms with Crippen LogP contribution in [0.1, 0.15) is 57.5 Å². The smallest absolute Gasteiger partial charge is 0.389 e. The minimum absolute atomic E-state index is 0.0228. The van der Waals surface area contributed by atoms with Crippen molar-refractivity contribution in [1.82, 2.24) is 14.7 Å². The minimum Gasteiger partial charge on any atom is -0.497 e. The molecule has 1 aliphatic rings. The van der Waals surface area contributed by atoms with Gasteiger partial charge in [0.1, 0.15) is 5.75 Å². The Labute approximate surface area is 243 Å². The lowest BCUT2D eigenvalue weighted by molar-refractivity contribution is -0.133. The number of benzene rings is 3. The number of piperidine rings is 1. The Kier molecular flexibility index (Phi) is 8.38. The highest BCUT2D eigenvalue weighted by molar-refractivity contribution is 6.01. The molecule has 1 fully saturated rings. The van der Waals surface area contributed by atoms with Gasteiger partial charge >= 0.3 is 6.18 Å². The van der Waals surface area contributed by atoms with Crippen molar-refractivity contribution in [2.24, 2.45) is 5.92 Å². The molecule has 4 aromatic rings. The molecule has 6 nitrogen and oxygen atoms in total. The average Bonchev–Trinajstić information content (AvgIpc) is 3.39. The topological polar surface area (TPSA) is 64.4 Å². The van der Waals surface area contributed by atoms with Gasteiger partial charge in [-0.15, -0.1) is 0 Å². The molecule has 9 heteroatoms. The van der Waals surface area contributed by atoms with Crippen molar-refractivity contribution in [3.63, 3.8) is 0 Å². The largest absolute Gasteiger partial charge is 0.497 e. The number of ketones is 1. The van der Waals surface area contributed by atoms with Crippen LogP contribution in [0.15, 0.2) is 60.8 Å². The summed E-state index contributed by atoms with van der Waals surface area (Å²) in [5.41, 5.74) is 5.58. The van der Waals surface area contributed by atoms with Crippen LogP contribution in [0.2, 0.25) is 0 Å². The molecule has 0 spiro atoms. The van der Waals surface area contributed by atoms with Crippen LogP contribution in [0.5, 0.6) is 5.75 Å². The van der Waals surface area contributed by atoms with E-state index in [4.69, 9.17) is 4.74 Å². The number of ether oxygens (including phenoxy) is 1. The third-order valence-electron chi connectivity index (χ3n) is 8.17. The fourth-order valence-electron chi connectivity index (χ4n) is 5.71. The number of fused-ring (bicyclic) bond motifs is 1. The molecule has 1 aromatic heterocycles. The Morgan fingerprint density at radius 3 is 2.36 bits per heavy atom. The number of alkyl halides is 3. The molecule has 220 valence electrons. The van der Waals surface area contributed by atoms with Crippen molar-refractivity contribution in [1.29, 1.82) is 0 Å². The van der Waals surface area contributed by atoms with Crippen molar-refractivity contribution in [2.45, 2.75) is 52.3 Å². The Hall–Kier alpha value is -4.14. The number of aryl methyl sites for hydroxylation is 2. The normalized spacial score (nSPS) is 14.4. The van der Waals surface area contributed by atoms with Crippen LogP contribution in [0.4, 0.5) is 13.2 Å². The number of carbonyl (C=O) groups excluding carboxylic acids is 2. The van der Waals surface area contributed by atoms with Crippen molar-refractivity contribution < 1.29 is 27.5 Å². The molecule has 42 heavy (non-hydrogen) atoms. The fourth-order valence-corrected chi connectivity index (χ4v) is 5.71. The Morgan fingerprint density at radius 2 is 1.71 bits per heavy atom. The SMILES string of the molecule is COc1ccc(-c2ccc(C(=O)N3CCC(Cn4cc5c(C)c(C(=O)CCC(F)(F)F)ccc5n4)CC3)cc2)c(C)c1. The van der Waals surface area contributed by atoms with Gasteiger partial charge in [0.15, 0.2) is 5.78 Å². The number of methoxy groups -OCH3 is 1. The molecule has 1 aliphatic heterocycles. The molecule has 1 amide bonds. The Bertz CT molecular complexity index is 1600. The summed E-state index contributed by atoms with van der Waals surface area (Å²) in [5, 5.41) is 5.41. The summed E-state index contributed by atoms with van der Waals surface area (Å²) in [6.07, 6.45) is -2.50. The van der Waals surface area contributed by atoms with Crippen LogP contribution in [-0.4, -0.2) is 52.7 Å². The van der Waals surface area contributed by atoms with Gasteiger partial charge < -0.3 is 9.64 Å². The van der Waals surface area contributed by atoms with E-state index in [-0.39, 0.29) is 5.91 Å². The molecule has 0 atom stereocenters. The van der Waals surface area contributed by atoms with E-state index < -0.39 is 24.8 Å². The molecule has 0 saturated carbocycles. The van der Waals surface area contributed by atoms with E-state index in [0.29, 0.717) is 47.8 Å². The van der Waals surface area contributed by atoms with E-state index in [1.807, 2.05) is 65.2 Å². The summed E-state index contributed by atoms with van der Waals surface area (Å²) in [6, 6.07) is 16.9. The molecule has 1 saturated heterocycles. The molecule has 0 bridgehead atoms. The van der Waals surface area contributed by atoms with Crippen LogP contribution >= 0.6 is 0 Å². The first-order chi connectivity index (χ1) is 20.0. The second-order valence-electron chi connectivity index (χ2n) is 11.1. The van der Waals surface area contributed by atoms with E-state index >= 15 is 0 Å². The van der Waals surface area contributed by atoms with Gasteiger partial charge in [0.05, 0.1) is 19.0 Å². The van der Waals surface area contributed by atoms with E-state index in [9.17, 15) is 22.8 Å². The van der Waals surface area contributed by atoms with E-state index in [1.165, 1.54) is 0 Å². The van der Waals surface area contributed by atoms with Crippen molar-refractivity contribution >= 4 is 22.6 Å². The third kappa shape index (κ3) is 6.50. The fraction of sp³-hybridized carbons (Fsp3) is 0.364. The zero-order chi connectivity index (χ0) is 30.0. The first-order valence-corrected chi connectivity index (χ1v) is 14.1. The molecule has 2 heterocycles. The highest BCUT2D eigenvalue weighted by Crippen LogP contribution is 2.29. The molecule has 0 aliphatic carbocycles. The molecular formula is C33H34F3N3O3. The first-order valence-electron chi connectivity index (χ1n) is 14.1. The maximum Gasteiger partial charge on any atom is 0.389 e. The lowest BCUT2D eigenvalue weighted by atomic mass is 9.95. The van der Waals surface area contributed by atoms with Gasteiger partial charge in [0.25, 0.3) is 5.91 Å². The highest BCUT2D eigenvalue weighted by atomic mass is 19.4. The maximum atomic E-state index is 13.2. The summed E-state index contributed by atoms with van der Waals surface area (Å²) in [5.74, 6) is 0.653. The van der Waals surface area contributed by atoms with Crippen LogP contribution in [0.25, 0.3) is 22.0 Å². The second-order valence-corrected chi connectivity index (χ2v) is 11.1. The minimum atomic E-state index is -4.36. The van der Waals surface area contributed by atoms with Gasteiger partial charge in [0.2, 0.25) is 0 Å². The monoisotopic (exact) mass is 577 g/mol. The third-order valence-corrected chi connectivity index (χ3v) is 8.17. The molecule has 0 unspecified atom stereocenters. The number of hydrogen-bond acceptors (Lipinski definition) is 4. The summed E-state index contributed by atoms with van der Waals surface area (Å²) < 4.78 is 44.9. The molecule has 5 rings (SSSR count). The number of Topliss-reactive ketones (excluding diaryl/α,β-unsaturated/α-hetero) is 1. The quantitative estimate of drug-likeness (QED) is 0.205. The average molecular weight is 578 g/mol. The van der Waals surface area contributed by atoms with Crippen LogP contribution in [0.3, 0.4) is 0 Å². The lowest BCUT2D eigenvalue weighted by Crippen LogP contribution is -2.39. The van der Waals surface area contributed by atoms with Crippen LogP contribution in [-0.2, 0) is 6.54 Å². The van der Waals surface area contributed by atoms with Crippen molar-refractivity contribution in [2.75, 3.05) is 20.2 Å². The lowest BCUT2D eigenvalue weighted by Gasteiger charge is -2.32. The second kappa shape index (κ2) is 12.0. The highest BCUT2D eigenvalue weighted by Gasteiger charge is 2.29. The van der Waals surface area contributed by atoms with Gasteiger partial charge in [0, 0.05) is 48.8 Å².